The highest BCUT2D eigenvalue weighted by Gasteiger charge is 2.27. The van der Waals surface area contributed by atoms with Gasteiger partial charge in [-0.25, -0.2) is 0 Å². The van der Waals surface area contributed by atoms with Crippen molar-refractivity contribution in [2.75, 3.05) is 0 Å². The molecule has 1 aromatic rings. The first-order valence-electron chi connectivity index (χ1n) is 3.61. The molecule has 0 radical (unpaired) electrons. The molecule has 5 heteroatoms. The second kappa shape index (κ2) is 4.70. The lowest BCUT2D eigenvalue weighted by Crippen LogP contribution is -2.37. The Morgan fingerprint density at radius 1 is 1.33 bits per heavy atom. The second-order valence-electron chi connectivity index (χ2n) is 2.87. The summed E-state index contributed by atoms with van der Waals surface area (Å²) in [6.07, 6.45) is 5.98. The maximum absolute atomic E-state index is 5.63. The smallest absolute Gasteiger partial charge is 0.0548 e. The Morgan fingerprint density at radius 2 is 2.00 bits per heavy atom. The summed E-state index contributed by atoms with van der Waals surface area (Å²) in [6, 6.07) is 2.93. The third-order valence-corrected chi connectivity index (χ3v) is 2.05. The van der Waals surface area contributed by atoms with Gasteiger partial charge >= 0.3 is 0 Å². The van der Waals surface area contributed by atoms with Crippen LogP contribution in [0.4, 0.5) is 0 Å². The Labute approximate surface area is 84.1 Å². The molecule has 0 saturated heterocycles. The molecule has 1 heterocycles. The van der Waals surface area contributed by atoms with Crippen molar-refractivity contribution in [2.45, 2.75) is 24.9 Å². The van der Waals surface area contributed by atoms with Crippen LogP contribution in [-0.4, -0.2) is 15.8 Å². The average molecular weight is 210 g/mol. The molecule has 70 valence electrons. The van der Waals surface area contributed by atoms with E-state index in [0.717, 1.165) is 12.8 Å². The topological polar surface area (TPSA) is 43.8 Å². The lowest BCUT2D eigenvalue weighted by atomic mass is 9.88. The fourth-order valence-electron chi connectivity index (χ4n) is 1.34. The predicted molar refractivity (Wildman–Crippen MR) is 53.0 cm³/mol. The van der Waals surface area contributed by atoms with Crippen LogP contribution in [0.3, 0.4) is 0 Å². The van der Waals surface area contributed by atoms with E-state index in [1.54, 1.807) is 0 Å². The molecule has 0 unspecified atom stereocenters. The number of hydrogen-bond acceptors (Lipinski definition) is 2. The van der Waals surface area contributed by atoms with Crippen molar-refractivity contribution in [3.8, 4) is 0 Å². The van der Waals surface area contributed by atoms with Gasteiger partial charge < -0.3 is 5.73 Å². The van der Waals surface area contributed by atoms with Crippen LogP contribution in [0.5, 0.6) is 0 Å². The van der Waals surface area contributed by atoms with Crippen molar-refractivity contribution in [1.29, 1.82) is 0 Å². The van der Waals surface area contributed by atoms with E-state index < -0.39 is 0 Å². The van der Waals surface area contributed by atoms with Crippen LogP contribution >= 0.6 is 24.8 Å². The van der Waals surface area contributed by atoms with Crippen molar-refractivity contribution in [3.05, 3.63) is 18.5 Å². The van der Waals surface area contributed by atoms with E-state index in [2.05, 4.69) is 5.10 Å². The molecule has 2 rings (SSSR count). The standard InChI is InChI=1S/C7H11N3.2ClH/c8-6-4-7(5-6)10-3-1-2-9-10;;/h1-3,6-7H,4-5,8H2;2*1H. The van der Waals surface area contributed by atoms with Gasteiger partial charge in [-0.3, -0.25) is 4.68 Å². The number of nitrogens with two attached hydrogens (primary N) is 1. The summed E-state index contributed by atoms with van der Waals surface area (Å²) in [5, 5.41) is 4.13. The highest BCUT2D eigenvalue weighted by atomic mass is 35.5. The Bertz CT molecular complexity index is 206. The van der Waals surface area contributed by atoms with E-state index in [1.807, 2.05) is 23.1 Å². The Kier molecular flexibility index (Phi) is 4.60. The number of nitrogens with zero attached hydrogens (tertiary/aromatic N) is 2. The van der Waals surface area contributed by atoms with Crippen LogP contribution in [0, 0.1) is 0 Å². The molecule has 1 aliphatic rings. The minimum absolute atomic E-state index is 0. The molecule has 0 spiro atoms. The summed E-state index contributed by atoms with van der Waals surface area (Å²) >= 11 is 0. The zero-order valence-corrected chi connectivity index (χ0v) is 8.22. The highest BCUT2D eigenvalue weighted by Crippen LogP contribution is 2.29. The summed E-state index contributed by atoms with van der Waals surface area (Å²) in [7, 11) is 0. The molecule has 0 aliphatic heterocycles. The Balaban J connectivity index is 0.000000605. The van der Waals surface area contributed by atoms with E-state index in [0.29, 0.717) is 12.1 Å². The van der Waals surface area contributed by atoms with Crippen molar-refractivity contribution >= 4 is 24.8 Å². The van der Waals surface area contributed by atoms with Crippen LogP contribution in [-0.2, 0) is 0 Å². The van der Waals surface area contributed by atoms with Gasteiger partial charge in [0.05, 0.1) is 6.04 Å². The van der Waals surface area contributed by atoms with Crippen molar-refractivity contribution in [1.82, 2.24) is 9.78 Å². The number of halogens is 2. The first-order chi connectivity index (χ1) is 4.86. The lowest BCUT2D eigenvalue weighted by molar-refractivity contribution is 0.247. The quantitative estimate of drug-likeness (QED) is 0.761. The van der Waals surface area contributed by atoms with Gasteiger partial charge in [0, 0.05) is 18.4 Å². The third-order valence-electron chi connectivity index (χ3n) is 2.05. The van der Waals surface area contributed by atoms with Crippen LogP contribution in [0.15, 0.2) is 18.5 Å². The number of hydrogen-bond donors (Lipinski definition) is 1. The SMILES string of the molecule is Cl.Cl.NC1CC(n2cccn2)C1. The molecular weight excluding hydrogens is 197 g/mol. The summed E-state index contributed by atoms with van der Waals surface area (Å²) < 4.78 is 1.99. The number of aromatic nitrogens is 2. The minimum atomic E-state index is 0. The Morgan fingerprint density at radius 3 is 2.42 bits per heavy atom. The average Bonchev–Trinajstić information content (AvgIpc) is 2.31. The van der Waals surface area contributed by atoms with Crippen molar-refractivity contribution in [2.24, 2.45) is 5.73 Å². The fraction of sp³-hybridized carbons (Fsp3) is 0.571. The maximum Gasteiger partial charge on any atom is 0.0548 e. The van der Waals surface area contributed by atoms with Gasteiger partial charge in [0.1, 0.15) is 0 Å². The van der Waals surface area contributed by atoms with Crippen molar-refractivity contribution in [3.63, 3.8) is 0 Å². The molecule has 1 aliphatic carbocycles. The monoisotopic (exact) mass is 209 g/mol. The van der Waals surface area contributed by atoms with E-state index in [-0.39, 0.29) is 24.8 Å². The molecule has 1 saturated carbocycles. The van der Waals surface area contributed by atoms with E-state index >= 15 is 0 Å². The highest BCUT2D eigenvalue weighted by molar-refractivity contribution is 5.85. The third kappa shape index (κ3) is 2.12. The summed E-state index contributed by atoms with van der Waals surface area (Å²) in [5.41, 5.74) is 5.63. The van der Waals surface area contributed by atoms with Crippen LogP contribution in [0.25, 0.3) is 0 Å². The van der Waals surface area contributed by atoms with Gasteiger partial charge in [-0.15, -0.1) is 24.8 Å². The Hall–Kier alpha value is -0.250. The lowest BCUT2D eigenvalue weighted by Gasteiger charge is -2.32. The van der Waals surface area contributed by atoms with E-state index in [9.17, 15) is 0 Å². The molecule has 0 aromatic carbocycles. The van der Waals surface area contributed by atoms with Crippen LogP contribution < -0.4 is 5.73 Å². The summed E-state index contributed by atoms with van der Waals surface area (Å²) in [4.78, 5) is 0. The first kappa shape index (κ1) is 11.8. The van der Waals surface area contributed by atoms with Gasteiger partial charge in [-0.2, -0.15) is 5.10 Å². The van der Waals surface area contributed by atoms with Crippen LogP contribution in [0.2, 0.25) is 0 Å². The summed E-state index contributed by atoms with van der Waals surface area (Å²) in [6.45, 7) is 0. The van der Waals surface area contributed by atoms with Gasteiger partial charge in [0.15, 0.2) is 0 Å². The van der Waals surface area contributed by atoms with Gasteiger partial charge in [0.2, 0.25) is 0 Å². The largest absolute Gasteiger partial charge is 0.328 e. The molecule has 1 fully saturated rings. The molecule has 12 heavy (non-hydrogen) atoms. The molecule has 0 atom stereocenters. The van der Waals surface area contributed by atoms with Crippen LogP contribution in [0.1, 0.15) is 18.9 Å². The fourth-order valence-corrected chi connectivity index (χ4v) is 1.34. The second-order valence-corrected chi connectivity index (χ2v) is 2.87. The molecule has 1 aromatic heterocycles. The minimum Gasteiger partial charge on any atom is -0.328 e. The molecule has 0 bridgehead atoms. The normalized spacial score (nSPS) is 26.4. The zero-order chi connectivity index (χ0) is 6.97. The van der Waals surface area contributed by atoms with E-state index in [1.165, 1.54) is 0 Å². The first-order valence-corrected chi connectivity index (χ1v) is 3.61. The molecular formula is C7H13Cl2N3. The van der Waals surface area contributed by atoms with Gasteiger partial charge in [-0.1, -0.05) is 0 Å². The predicted octanol–water partition coefficient (Wildman–Crippen LogP) is 1.39. The molecule has 0 amide bonds. The van der Waals surface area contributed by atoms with Crippen molar-refractivity contribution < 1.29 is 0 Å². The molecule has 2 N–H and O–H groups in total. The molecule has 3 nitrogen and oxygen atoms in total. The maximum atomic E-state index is 5.63. The zero-order valence-electron chi connectivity index (χ0n) is 6.59. The van der Waals surface area contributed by atoms with Gasteiger partial charge in [-0.05, 0) is 18.9 Å². The summed E-state index contributed by atoms with van der Waals surface area (Å²) in [5.74, 6) is 0. The number of rotatable bonds is 1. The van der Waals surface area contributed by atoms with E-state index in [4.69, 9.17) is 5.73 Å². The van der Waals surface area contributed by atoms with Gasteiger partial charge in [0.25, 0.3) is 0 Å².